The zero-order valence-electron chi connectivity index (χ0n) is 11.9. The van der Waals surface area contributed by atoms with E-state index in [1.165, 1.54) is 38.5 Å². The first-order chi connectivity index (χ1) is 8.67. The summed E-state index contributed by atoms with van der Waals surface area (Å²) in [5.41, 5.74) is 2.09. The van der Waals surface area contributed by atoms with E-state index >= 15 is 0 Å². The highest BCUT2D eigenvalue weighted by Gasteiger charge is 2.20. The predicted octanol–water partition coefficient (Wildman–Crippen LogP) is 3.86. The number of hydrogen-bond acceptors (Lipinski definition) is 3. The SMILES string of the molecule is CCCC1CCC(Nc2nc(C)cc(C)n2)CC1. The number of anilines is 1. The minimum absolute atomic E-state index is 0.569. The molecular weight excluding hydrogens is 222 g/mol. The predicted molar refractivity (Wildman–Crippen MR) is 75.8 cm³/mol. The van der Waals surface area contributed by atoms with Crippen molar-refractivity contribution in [3.63, 3.8) is 0 Å². The van der Waals surface area contributed by atoms with E-state index in [1.54, 1.807) is 0 Å². The lowest BCUT2D eigenvalue weighted by molar-refractivity contribution is 0.318. The summed E-state index contributed by atoms with van der Waals surface area (Å²) in [4.78, 5) is 8.92. The van der Waals surface area contributed by atoms with E-state index in [0.29, 0.717) is 6.04 Å². The third-order valence-corrected chi connectivity index (χ3v) is 3.86. The lowest BCUT2D eigenvalue weighted by Gasteiger charge is -2.29. The minimum Gasteiger partial charge on any atom is -0.351 e. The maximum Gasteiger partial charge on any atom is 0.223 e. The van der Waals surface area contributed by atoms with Crippen LogP contribution in [0.5, 0.6) is 0 Å². The molecule has 0 bridgehead atoms. The highest BCUT2D eigenvalue weighted by molar-refractivity contribution is 5.29. The molecule has 0 spiro atoms. The molecule has 2 rings (SSSR count). The van der Waals surface area contributed by atoms with E-state index in [-0.39, 0.29) is 0 Å². The summed E-state index contributed by atoms with van der Waals surface area (Å²) in [6, 6.07) is 2.59. The van der Waals surface area contributed by atoms with Crippen LogP contribution in [0.4, 0.5) is 5.95 Å². The lowest BCUT2D eigenvalue weighted by atomic mass is 9.83. The van der Waals surface area contributed by atoms with Gasteiger partial charge in [-0.1, -0.05) is 19.8 Å². The van der Waals surface area contributed by atoms with Crippen molar-refractivity contribution in [2.75, 3.05) is 5.32 Å². The Balaban J connectivity index is 1.87. The number of hydrogen-bond donors (Lipinski definition) is 1. The molecule has 1 heterocycles. The molecule has 1 aliphatic carbocycles. The lowest BCUT2D eigenvalue weighted by Crippen LogP contribution is -2.27. The van der Waals surface area contributed by atoms with E-state index in [0.717, 1.165) is 23.3 Å². The summed E-state index contributed by atoms with van der Waals surface area (Å²) < 4.78 is 0. The van der Waals surface area contributed by atoms with E-state index in [9.17, 15) is 0 Å². The maximum atomic E-state index is 4.46. The van der Waals surface area contributed by atoms with Crippen molar-refractivity contribution in [1.29, 1.82) is 0 Å². The van der Waals surface area contributed by atoms with Crippen LogP contribution >= 0.6 is 0 Å². The highest BCUT2D eigenvalue weighted by Crippen LogP contribution is 2.28. The van der Waals surface area contributed by atoms with Crippen molar-refractivity contribution in [2.45, 2.75) is 65.3 Å². The van der Waals surface area contributed by atoms with Gasteiger partial charge in [0.05, 0.1) is 0 Å². The molecule has 1 aromatic heterocycles. The average Bonchev–Trinajstić information content (AvgIpc) is 2.31. The normalized spacial score (nSPS) is 23.9. The van der Waals surface area contributed by atoms with Crippen molar-refractivity contribution in [3.05, 3.63) is 17.5 Å². The molecule has 1 fully saturated rings. The Labute approximate surface area is 110 Å². The Hall–Kier alpha value is -1.12. The van der Waals surface area contributed by atoms with Crippen LogP contribution in [0.15, 0.2) is 6.07 Å². The fourth-order valence-electron chi connectivity index (χ4n) is 2.98. The first kappa shape index (κ1) is 13.3. The topological polar surface area (TPSA) is 37.8 Å². The molecule has 0 aromatic carbocycles. The van der Waals surface area contributed by atoms with Gasteiger partial charge in [0.2, 0.25) is 5.95 Å². The van der Waals surface area contributed by atoms with Crippen LogP contribution in [0.2, 0.25) is 0 Å². The van der Waals surface area contributed by atoms with E-state index in [4.69, 9.17) is 0 Å². The van der Waals surface area contributed by atoms with Gasteiger partial charge in [-0.2, -0.15) is 0 Å². The smallest absolute Gasteiger partial charge is 0.223 e. The third-order valence-electron chi connectivity index (χ3n) is 3.86. The number of aryl methyl sites for hydroxylation is 2. The molecule has 100 valence electrons. The van der Waals surface area contributed by atoms with Gasteiger partial charge in [-0.15, -0.1) is 0 Å². The molecule has 0 saturated heterocycles. The molecule has 1 saturated carbocycles. The molecular formula is C15H25N3. The number of nitrogens with one attached hydrogen (secondary N) is 1. The molecule has 0 atom stereocenters. The van der Waals surface area contributed by atoms with Crippen molar-refractivity contribution in [1.82, 2.24) is 9.97 Å². The third kappa shape index (κ3) is 3.69. The van der Waals surface area contributed by atoms with Crippen LogP contribution < -0.4 is 5.32 Å². The minimum atomic E-state index is 0.569. The van der Waals surface area contributed by atoms with E-state index in [2.05, 4.69) is 22.2 Å². The second-order valence-corrected chi connectivity index (χ2v) is 5.62. The Morgan fingerprint density at radius 2 is 1.72 bits per heavy atom. The molecule has 3 nitrogen and oxygen atoms in total. The number of rotatable bonds is 4. The number of nitrogens with zero attached hydrogens (tertiary/aromatic N) is 2. The Morgan fingerprint density at radius 3 is 2.28 bits per heavy atom. The van der Waals surface area contributed by atoms with Gasteiger partial charge < -0.3 is 5.32 Å². The molecule has 0 amide bonds. The number of aromatic nitrogens is 2. The summed E-state index contributed by atoms with van der Waals surface area (Å²) in [5.74, 6) is 1.76. The zero-order valence-corrected chi connectivity index (χ0v) is 11.9. The van der Waals surface area contributed by atoms with Gasteiger partial charge in [0.25, 0.3) is 0 Å². The van der Waals surface area contributed by atoms with Crippen molar-refractivity contribution in [2.24, 2.45) is 5.92 Å². The van der Waals surface area contributed by atoms with Gasteiger partial charge in [0.1, 0.15) is 0 Å². The second-order valence-electron chi connectivity index (χ2n) is 5.62. The first-order valence-electron chi connectivity index (χ1n) is 7.26. The molecule has 0 unspecified atom stereocenters. The molecule has 1 aliphatic rings. The summed E-state index contributed by atoms with van der Waals surface area (Å²) in [5, 5.41) is 3.50. The van der Waals surface area contributed by atoms with Crippen molar-refractivity contribution in [3.8, 4) is 0 Å². The summed E-state index contributed by atoms with van der Waals surface area (Å²) in [6.07, 6.45) is 7.96. The molecule has 1 N–H and O–H groups in total. The van der Waals surface area contributed by atoms with Crippen LogP contribution in [0.3, 0.4) is 0 Å². The first-order valence-corrected chi connectivity index (χ1v) is 7.26. The quantitative estimate of drug-likeness (QED) is 0.877. The maximum absolute atomic E-state index is 4.46. The van der Waals surface area contributed by atoms with Gasteiger partial charge >= 0.3 is 0 Å². The molecule has 1 aromatic rings. The molecule has 0 aliphatic heterocycles. The highest BCUT2D eigenvalue weighted by atomic mass is 15.1. The second kappa shape index (κ2) is 6.17. The van der Waals surface area contributed by atoms with Crippen molar-refractivity contribution < 1.29 is 0 Å². The fourth-order valence-corrected chi connectivity index (χ4v) is 2.98. The summed E-state index contributed by atoms with van der Waals surface area (Å²) in [7, 11) is 0. The van der Waals surface area contributed by atoms with Crippen LogP contribution in [-0.2, 0) is 0 Å². The standard InChI is InChI=1S/C15H25N3/c1-4-5-13-6-8-14(9-7-13)18-15-16-11(2)10-12(3)17-15/h10,13-14H,4-9H2,1-3H3,(H,16,17,18). The van der Waals surface area contributed by atoms with E-state index < -0.39 is 0 Å². The molecule has 3 heteroatoms. The average molecular weight is 247 g/mol. The monoisotopic (exact) mass is 247 g/mol. The Bertz CT molecular complexity index is 361. The van der Waals surface area contributed by atoms with E-state index in [1.807, 2.05) is 19.9 Å². The van der Waals surface area contributed by atoms with Crippen LogP contribution in [-0.4, -0.2) is 16.0 Å². The van der Waals surface area contributed by atoms with Gasteiger partial charge in [0, 0.05) is 17.4 Å². The molecule has 0 radical (unpaired) electrons. The Kier molecular flexibility index (Phi) is 4.56. The fraction of sp³-hybridized carbons (Fsp3) is 0.733. The largest absolute Gasteiger partial charge is 0.351 e. The van der Waals surface area contributed by atoms with Crippen molar-refractivity contribution >= 4 is 5.95 Å². The molecule has 18 heavy (non-hydrogen) atoms. The zero-order chi connectivity index (χ0) is 13.0. The van der Waals surface area contributed by atoms with Crippen LogP contribution in [0.25, 0.3) is 0 Å². The summed E-state index contributed by atoms with van der Waals surface area (Å²) >= 11 is 0. The van der Waals surface area contributed by atoms with Crippen LogP contribution in [0, 0.1) is 19.8 Å². The van der Waals surface area contributed by atoms with Gasteiger partial charge in [0.15, 0.2) is 0 Å². The van der Waals surface area contributed by atoms with Gasteiger partial charge in [-0.25, -0.2) is 9.97 Å². The van der Waals surface area contributed by atoms with Crippen LogP contribution in [0.1, 0.15) is 56.8 Å². The Morgan fingerprint density at radius 1 is 1.11 bits per heavy atom. The van der Waals surface area contributed by atoms with Gasteiger partial charge in [-0.3, -0.25) is 0 Å². The van der Waals surface area contributed by atoms with Gasteiger partial charge in [-0.05, 0) is 51.5 Å². The summed E-state index contributed by atoms with van der Waals surface area (Å²) in [6.45, 7) is 6.34.